The van der Waals surface area contributed by atoms with Crippen LogP contribution < -0.4 is 10.6 Å². The topological polar surface area (TPSA) is 56.7 Å². The number of benzene rings is 1. The monoisotopic (exact) mass is 321 g/mol. The second-order valence-electron chi connectivity index (χ2n) is 4.86. The number of hydrogen-bond donors (Lipinski definition) is 3. The van der Waals surface area contributed by atoms with Gasteiger partial charge in [0.25, 0.3) is 0 Å². The smallest absolute Gasteiger partial charge is 0.191 e. The molecule has 0 amide bonds. The highest BCUT2D eigenvalue weighted by Crippen LogP contribution is 2.17. The van der Waals surface area contributed by atoms with Gasteiger partial charge in [0.2, 0.25) is 0 Å². The van der Waals surface area contributed by atoms with Gasteiger partial charge in [-0.25, -0.2) is 9.38 Å². The molecule has 0 aliphatic heterocycles. The number of phenolic OH excluding ortho intramolecular Hbond substituents is 1. The lowest BCUT2D eigenvalue weighted by molar-refractivity contribution is 0.432. The molecule has 0 atom stereocenters. The van der Waals surface area contributed by atoms with E-state index in [0.29, 0.717) is 24.6 Å². The first-order valence-corrected chi connectivity index (χ1v) is 8.00. The highest BCUT2D eigenvalue weighted by molar-refractivity contribution is 7.10. The van der Waals surface area contributed by atoms with E-state index in [0.717, 1.165) is 6.54 Å². The fourth-order valence-corrected chi connectivity index (χ4v) is 2.76. The molecule has 0 spiro atoms. The first-order chi connectivity index (χ1) is 10.6. The number of aromatic hydroxyl groups is 1. The van der Waals surface area contributed by atoms with E-state index in [-0.39, 0.29) is 5.75 Å². The second-order valence-corrected chi connectivity index (χ2v) is 5.86. The fraction of sp³-hybridized carbons (Fsp3) is 0.312. The molecule has 4 nitrogen and oxygen atoms in total. The summed E-state index contributed by atoms with van der Waals surface area (Å²) >= 11 is 1.70. The third-order valence-electron chi connectivity index (χ3n) is 3.16. The van der Waals surface area contributed by atoms with Gasteiger partial charge in [0, 0.05) is 11.4 Å². The number of aryl methyl sites for hydroxylation is 1. The molecule has 0 unspecified atom stereocenters. The van der Waals surface area contributed by atoms with Crippen LogP contribution >= 0.6 is 11.3 Å². The molecular weight excluding hydrogens is 301 g/mol. The van der Waals surface area contributed by atoms with Crippen molar-refractivity contribution in [2.75, 3.05) is 6.54 Å². The van der Waals surface area contributed by atoms with Crippen LogP contribution in [0, 0.1) is 12.7 Å². The second kappa shape index (κ2) is 7.79. The summed E-state index contributed by atoms with van der Waals surface area (Å²) in [6.45, 7) is 5.87. The average molecular weight is 321 g/mol. The van der Waals surface area contributed by atoms with Gasteiger partial charge in [-0.3, -0.25) is 0 Å². The van der Waals surface area contributed by atoms with Crippen molar-refractivity contribution in [1.82, 2.24) is 10.6 Å². The van der Waals surface area contributed by atoms with Crippen LogP contribution in [0.1, 0.15) is 22.9 Å². The molecule has 0 aliphatic rings. The number of hydrogen-bond acceptors (Lipinski definition) is 3. The molecule has 1 aromatic heterocycles. The third kappa shape index (κ3) is 4.46. The van der Waals surface area contributed by atoms with Crippen molar-refractivity contribution in [1.29, 1.82) is 0 Å². The molecule has 0 aliphatic carbocycles. The van der Waals surface area contributed by atoms with Crippen LogP contribution in [0.5, 0.6) is 5.75 Å². The molecule has 1 heterocycles. The predicted molar refractivity (Wildman–Crippen MR) is 88.8 cm³/mol. The van der Waals surface area contributed by atoms with E-state index in [1.807, 2.05) is 6.92 Å². The summed E-state index contributed by atoms with van der Waals surface area (Å²) in [6, 6.07) is 6.39. The highest BCUT2D eigenvalue weighted by atomic mass is 32.1. The Morgan fingerprint density at radius 1 is 1.32 bits per heavy atom. The quantitative estimate of drug-likeness (QED) is 0.586. The molecule has 2 aromatic rings. The Balaban J connectivity index is 2.00. The Labute approximate surface area is 133 Å². The lowest BCUT2D eigenvalue weighted by Crippen LogP contribution is -2.36. The normalized spacial score (nSPS) is 11.5. The third-order valence-corrected chi connectivity index (χ3v) is 4.18. The zero-order valence-corrected chi connectivity index (χ0v) is 13.5. The average Bonchev–Trinajstić information content (AvgIpc) is 2.91. The summed E-state index contributed by atoms with van der Waals surface area (Å²) in [5.41, 5.74) is 1.97. The van der Waals surface area contributed by atoms with E-state index >= 15 is 0 Å². The molecule has 0 radical (unpaired) electrons. The van der Waals surface area contributed by atoms with Crippen LogP contribution in [0.15, 0.2) is 34.6 Å². The van der Waals surface area contributed by atoms with Crippen molar-refractivity contribution < 1.29 is 9.50 Å². The minimum absolute atomic E-state index is 0.342. The molecule has 2 rings (SSSR count). The number of guanidine groups is 1. The van der Waals surface area contributed by atoms with Crippen molar-refractivity contribution >= 4 is 17.3 Å². The Bertz CT molecular complexity index is 655. The van der Waals surface area contributed by atoms with Crippen molar-refractivity contribution in [3.05, 3.63) is 51.5 Å². The first kappa shape index (κ1) is 16.3. The Morgan fingerprint density at radius 3 is 2.77 bits per heavy atom. The standard InChI is InChI=1S/C16H20FN3OS/c1-3-18-16(20-10-15-11(2)6-7-22-15)19-9-12-4-5-14(21)13(17)8-12/h4-8,21H,3,9-10H2,1-2H3,(H2,18,19,20). The van der Waals surface area contributed by atoms with Gasteiger partial charge in [0.05, 0.1) is 13.1 Å². The van der Waals surface area contributed by atoms with Crippen LogP contribution in [0.25, 0.3) is 0 Å². The first-order valence-electron chi connectivity index (χ1n) is 7.12. The molecule has 118 valence electrons. The van der Waals surface area contributed by atoms with Crippen molar-refractivity contribution in [3.63, 3.8) is 0 Å². The molecule has 6 heteroatoms. The summed E-state index contributed by atoms with van der Waals surface area (Å²) in [7, 11) is 0. The van der Waals surface area contributed by atoms with Gasteiger partial charge in [0.15, 0.2) is 17.5 Å². The Morgan fingerprint density at radius 2 is 2.14 bits per heavy atom. The zero-order chi connectivity index (χ0) is 15.9. The van der Waals surface area contributed by atoms with E-state index in [1.165, 1.54) is 22.6 Å². The molecule has 0 saturated heterocycles. The molecule has 22 heavy (non-hydrogen) atoms. The van der Waals surface area contributed by atoms with Gasteiger partial charge in [0.1, 0.15) is 0 Å². The SMILES string of the molecule is CCNC(=NCc1ccc(O)c(F)c1)NCc1sccc1C. The molecule has 0 saturated carbocycles. The number of phenols is 1. The van der Waals surface area contributed by atoms with Gasteiger partial charge in [-0.05, 0) is 48.6 Å². The predicted octanol–water partition coefficient (Wildman–Crippen LogP) is 3.16. The number of nitrogens with zero attached hydrogens (tertiary/aromatic N) is 1. The maximum atomic E-state index is 13.3. The lowest BCUT2D eigenvalue weighted by Gasteiger charge is -2.11. The number of thiophene rings is 1. The van der Waals surface area contributed by atoms with Gasteiger partial charge >= 0.3 is 0 Å². The van der Waals surface area contributed by atoms with Crippen LogP contribution in [0.4, 0.5) is 4.39 Å². The number of nitrogens with one attached hydrogen (secondary N) is 2. The van der Waals surface area contributed by atoms with Gasteiger partial charge in [-0.1, -0.05) is 6.07 Å². The van der Waals surface area contributed by atoms with E-state index in [2.05, 4.69) is 34.0 Å². The summed E-state index contributed by atoms with van der Waals surface area (Å²) in [4.78, 5) is 5.70. The van der Waals surface area contributed by atoms with Crippen LogP contribution in [-0.2, 0) is 13.1 Å². The maximum Gasteiger partial charge on any atom is 0.191 e. The van der Waals surface area contributed by atoms with Gasteiger partial charge in [-0.15, -0.1) is 11.3 Å². The maximum absolute atomic E-state index is 13.3. The van der Waals surface area contributed by atoms with E-state index < -0.39 is 5.82 Å². The van der Waals surface area contributed by atoms with Crippen LogP contribution in [0.2, 0.25) is 0 Å². The van der Waals surface area contributed by atoms with Crippen LogP contribution in [-0.4, -0.2) is 17.6 Å². The summed E-state index contributed by atoms with van der Waals surface area (Å²) in [5, 5.41) is 17.7. The van der Waals surface area contributed by atoms with Gasteiger partial charge < -0.3 is 15.7 Å². The Kier molecular flexibility index (Phi) is 5.77. The Hall–Kier alpha value is -2.08. The largest absolute Gasteiger partial charge is 0.505 e. The molecule has 1 aromatic carbocycles. The minimum Gasteiger partial charge on any atom is -0.505 e. The van der Waals surface area contributed by atoms with E-state index in [1.54, 1.807) is 17.4 Å². The summed E-state index contributed by atoms with van der Waals surface area (Å²) in [6.07, 6.45) is 0. The number of halogens is 1. The minimum atomic E-state index is -0.625. The molecule has 0 fully saturated rings. The number of aliphatic imine (C=N–C) groups is 1. The zero-order valence-electron chi connectivity index (χ0n) is 12.7. The van der Waals surface area contributed by atoms with E-state index in [9.17, 15) is 9.50 Å². The molecule has 0 bridgehead atoms. The van der Waals surface area contributed by atoms with Crippen molar-refractivity contribution in [2.45, 2.75) is 26.9 Å². The summed E-state index contributed by atoms with van der Waals surface area (Å²) < 4.78 is 13.3. The molecule has 3 N–H and O–H groups in total. The molecular formula is C16H20FN3OS. The lowest BCUT2D eigenvalue weighted by atomic mass is 10.2. The van der Waals surface area contributed by atoms with Gasteiger partial charge in [-0.2, -0.15) is 0 Å². The fourth-order valence-electron chi connectivity index (χ4n) is 1.91. The highest BCUT2D eigenvalue weighted by Gasteiger charge is 2.04. The summed E-state index contributed by atoms with van der Waals surface area (Å²) in [5.74, 6) is -0.283. The van der Waals surface area contributed by atoms with Crippen molar-refractivity contribution in [3.8, 4) is 5.75 Å². The van der Waals surface area contributed by atoms with Crippen LogP contribution in [0.3, 0.4) is 0 Å². The number of rotatable bonds is 5. The van der Waals surface area contributed by atoms with Crippen molar-refractivity contribution in [2.24, 2.45) is 4.99 Å². The van der Waals surface area contributed by atoms with E-state index in [4.69, 9.17) is 0 Å².